The number of nitrogens with one attached hydrogen (secondary N) is 1. The summed E-state index contributed by atoms with van der Waals surface area (Å²) < 4.78 is 18.0. The number of halogens is 1. The van der Waals surface area contributed by atoms with Crippen molar-refractivity contribution in [3.05, 3.63) is 65.5 Å². The maximum Gasteiger partial charge on any atom is 0.338 e. The molecule has 0 aromatic heterocycles. The zero-order valence-electron chi connectivity index (χ0n) is 18.5. The Balaban J connectivity index is 1.63. The van der Waals surface area contributed by atoms with Gasteiger partial charge in [0.2, 0.25) is 5.91 Å². The van der Waals surface area contributed by atoms with Gasteiger partial charge < -0.3 is 19.9 Å². The lowest BCUT2D eigenvalue weighted by Crippen LogP contribution is -2.59. The van der Waals surface area contributed by atoms with E-state index >= 15 is 0 Å². The molecule has 0 saturated carbocycles. The first-order valence-corrected chi connectivity index (χ1v) is 10.8. The molecule has 1 aliphatic heterocycles. The van der Waals surface area contributed by atoms with Gasteiger partial charge in [-0.1, -0.05) is 19.1 Å². The lowest BCUT2D eigenvalue weighted by atomic mass is 10.1. The molecule has 1 atom stereocenters. The highest BCUT2D eigenvalue weighted by atomic mass is 19.1. The Morgan fingerprint density at radius 3 is 2.27 bits per heavy atom. The monoisotopic (exact) mass is 455 g/mol. The van der Waals surface area contributed by atoms with E-state index in [0.29, 0.717) is 23.2 Å². The highest BCUT2D eigenvalue weighted by Gasteiger charge is 2.38. The number of anilines is 1. The molecule has 1 N–H and O–H groups in total. The van der Waals surface area contributed by atoms with E-state index in [1.807, 2.05) is 0 Å². The number of amides is 3. The summed E-state index contributed by atoms with van der Waals surface area (Å²) >= 11 is 0. The molecule has 2 aromatic carbocycles. The number of hydrogen-bond acceptors (Lipinski definition) is 5. The summed E-state index contributed by atoms with van der Waals surface area (Å²) in [6, 6.07) is 11.1. The van der Waals surface area contributed by atoms with Gasteiger partial charge in [-0.25, -0.2) is 9.18 Å². The zero-order chi connectivity index (χ0) is 24.0. The van der Waals surface area contributed by atoms with Crippen molar-refractivity contribution in [2.24, 2.45) is 0 Å². The smallest absolute Gasteiger partial charge is 0.338 e. The molecule has 9 heteroatoms. The predicted octanol–water partition coefficient (Wildman–Crippen LogP) is 2.59. The van der Waals surface area contributed by atoms with Crippen molar-refractivity contribution < 1.29 is 28.3 Å². The third-order valence-electron chi connectivity index (χ3n) is 5.36. The van der Waals surface area contributed by atoms with E-state index in [1.54, 1.807) is 38.1 Å². The van der Waals surface area contributed by atoms with Gasteiger partial charge in [0.25, 0.3) is 0 Å². The van der Waals surface area contributed by atoms with Crippen molar-refractivity contribution >= 4 is 29.4 Å². The number of carbonyl (C=O) groups excluding carboxylic acids is 4. The Morgan fingerprint density at radius 1 is 1.00 bits per heavy atom. The summed E-state index contributed by atoms with van der Waals surface area (Å²) in [5.74, 6) is -2.70. The van der Waals surface area contributed by atoms with Crippen LogP contribution in [0.1, 0.15) is 36.2 Å². The van der Waals surface area contributed by atoms with Crippen LogP contribution in [0.5, 0.6) is 0 Å². The normalized spacial score (nSPS) is 14.8. The quantitative estimate of drug-likeness (QED) is 0.488. The number of carbonyl (C=O) groups is 4. The van der Waals surface area contributed by atoms with Gasteiger partial charge in [-0.15, -0.1) is 0 Å². The fourth-order valence-electron chi connectivity index (χ4n) is 3.63. The predicted molar refractivity (Wildman–Crippen MR) is 119 cm³/mol. The number of benzene rings is 2. The fraction of sp³-hybridized carbons (Fsp3) is 0.333. The highest BCUT2D eigenvalue weighted by Crippen LogP contribution is 2.17. The lowest BCUT2D eigenvalue weighted by Gasteiger charge is -2.37. The third-order valence-corrected chi connectivity index (χ3v) is 5.36. The zero-order valence-corrected chi connectivity index (χ0v) is 18.5. The maximum atomic E-state index is 13.1. The number of esters is 1. The average Bonchev–Trinajstić information content (AvgIpc) is 2.81. The first-order chi connectivity index (χ1) is 15.8. The van der Waals surface area contributed by atoms with Gasteiger partial charge >= 0.3 is 17.8 Å². The van der Waals surface area contributed by atoms with Crippen LogP contribution in [0, 0.1) is 5.82 Å². The van der Waals surface area contributed by atoms with Gasteiger partial charge in [-0.3, -0.25) is 14.4 Å². The van der Waals surface area contributed by atoms with Crippen molar-refractivity contribution in [2.45, 2.75) is 32.9 Å². The molecule has 0 spiro atoms. The van der Waals surface area contributed by atoms with Crippen molar-refractivity contribution in [1.82, 2.24) is 9.80 Å². The highest BCUT2D eigenvalue weighted by molar-refractivity contribution is 6.35. The van der Waals surface area contributed by atoms with E-state index in [1.165, 1.54) is 34.1 Å². The number of nitrogens with zero attached hydrogens (tertiary/aromatic N) is 2. The topological polar surface area (TPSA) is 96.0 Å². The van der Waals surface area contributed by atoms with Crippen LogP contribution in [0.25, 0.3) is 0 Å². The molecule has 1 heterocycles. The molecule has 2 aromatic rings. The standard InChI is InChI=1S/C24H26FN3O5/c1-3-20(21(29)26-19-11-7-17(8-12-19)24(32)33-4-2)28-14-13-27(22(30)23(28)31)15-16-5-9-18(25)10-6-16/h5-12,20H,3-4,13-15H2,1-2H3,(H,26,29)/t20-/m1/s1. The summed E-state index contributed by atoms with van der Waals surface area (Å²) in [4.78, 5) is 52.7. The van der Waals surface area contributed by atoms with E-state index in [9.17, 15) is 23.6 Å². The SMILES string of the molecule is CCOC(=O)c1ccc(NC(=O)[C@@H](CC)N2CCN(Cc3ccc(F)cc3)C(=O)C2=O)cc1. The van der Waals surface area contributed by atoms with Crippen LogP contribution in [0.15, 0.2) is 48.5 Å². The fourth-order valence-corrected chi connectivity index (χ4v) is 3.63. The molecular formula is C24H26FN3O5. The Hall–Kier alpha value is -3.75. The summed E-state index contributed by atoms with van der Waals surface area (Å²) in [6.07, 6.45) is 0.323. The van der Waals surface area contributed by atoms with Crippen LogP contribution in [0.4, 0.5) is 10.1 Å². The van der Waals surface area contributed by atoms with Gasteiger partial charge in [0, 0.05) is 25.3 Å². The van der Waals surface area contributed by atoms with Crippen molar-refractivity contribution in [3.8, 4) is 0 Å². The maximum absolute atomic E-state index is 13.1. The molecular weight excluding hydrogens is 429 g/mol. The minimum atomic E-state index is -0.820. The molecule has 33 heavy (non-hydrogen) atoms. The molecule has 1 saturated heterocycles. The third kappa shape index (κ3) is 5.74. The molecule has 0 radical (unpaired) electrons. The molecule has 0 unspecified atom stereocenters. The van der Waals surface area contributed by atoms with E-state index in [4.69, 9.17) is 4.74 Å². The first-order valence-electron chi connectivity index (χ1n) is 10.8. The number of hydrogen-bond donors (Lipinski definition) is 1. The summed E-state index contributed by atoms with van der Waals surface area (Å²) in [5.41, 5.74) is 1.53. The molecule has 1 aliphatic rings. The van der Waals surface area contributed by atoms with Crippen LogP contribution in [-0.4, -0.2) is 59.2 Å². The van der Waals surface area contributed by atoms with Crippen LogP contribution >= 0.6 is 0 Å². The largest absolute Gasteiger partial charge is 0.462 e. The van der Waals surface area contributed by atoms with Crippen molar-refractivity contribution in [2.75, 3.05) is 25.0 Å². The van der Waals surface area contributed by atoms with Crippen molar-refractivity contribution in [1.29, 1.82) is 0 Å². The van der Waals surface area contributed by atoms with E-state index in [2.05, 4.69) is 5.32 Å². The Kier molecular flexibility index (Phi) is 7.76. The molecule has 1 fully saturated rings. The molecule has 0 bridgehead atoms. The summed E-state index contributed by atoms with van der Waals surface area (Å²) in [5, 5.41) is 2.73. The Bertz CT molecular complexity index is 1020. The molecule has 3 amide bonds. The minimum absolute atomic E-state index is 0.189. The molecule has 3 rings (SSSR count). The second-order valence-corrected chi connectivity index (χ2v) is 7.56. The second kappa shape index (κ2) is 10.7. The number of rotatable bonds is 8. The van der Waals surface area contributed by atoms with E-state index in [0.717, 1.165) is 0 Å². The van der Waals surface area contributed by atoms with Gasteiger partial charge in [-0.2, -0.15) is 0 Å². The van der Waals surface area contributed by atoms with Crippen LogP contribution in [-0.2, 0) is 25.7 Å². The summed E-state index contributed by atoms with van der Waals surface area (Å²) in [7, 11) is 0. The Morgan fingerprint density at radius 2 is 1.67 bits per heavy atom. The molecule has 8 nitrogen and oxygen atoms in total. The van der Waals surface area contributed by atoms with Gasteiger partial charge in [-0.05, 0) is 55.3 Å². The summed E-state index contributed by atoms with van der Waals surface area (Å²) in [6.45, 7) is 4.40. The lowest BCUT2D eigenvalue weighted by molar-refractivity contribution is -0.159. The van der Waals surface area contributed by atoms with Crippen molar-refractivity contribution in [3.63, 3.8) is 0 Å². The molecule has 0 aliphatic carbocycles. The van der Waals surface area contributed by atoms with Gasteiger partial charge in [0.15, 0.2) is 0 Å². The first kappa shape index (κ1) is 23.9. The average molecular weight is 455 g/mol. The number of ether oxygens (including phenoxy) is 1. The van der Waals surface area contributed by atoms with Crippen LogP contribution in [0.2, 0.25) is 0 Å². The Labute approximate surface area is 191 Å². The van der Waals surface area contributed by atoms with Crippen LogP contribution in [0.3, 0.4) is 0 Å². The van der Waals surface area contributed by atoms with Gasteiger partial charge in [0.1, 0.15) is 11.9 Å². The van der Waals surface area contributed by atoms with Crippen LogP contribution < -0.4 is 5.32 Å². The van der Waals surface area contributed by atoms with Gasteiger partial charge in [0.05, 0.1) is 12.2 Å². The number of piperazine rings is 1. The minimum Gasteiger partial charge on any atom is -0.462 e. The van der Waals surface area contributed by atoms with E-state index in [-0.39, 0.29) is 32.1 Å². The molecule has 174 valence electrons. The second-order valence-electron chi connectivity index (χ2n) is 7.56. The van der Waals surface area contributed by atoms with E-state index < -0.39 is 29.7 Å².